The van der Waals surface area contributed by atoms with Crippen molar-refractivity contribution in [2.75, 3.05) is 20.3 Å². The number of ether oxygens (including phenoxy) is 1. The number of rotatable bonds is 7. The van der Waals surface area contributed by atoms with E-state index < -0.39 is 23.6 Å². The molecule has 1 aliphatic rings. The third-order valence-corrected chi connectivity index (χ3v) is 4.85. The third-order valence-electron chi connectivity index (χ3n) is 4.85. The fourth-order valence-corrected chi connectivity index (χ4v) is 3.37. The first-order valence-corrected chi connectivity index (χ1v) is 9.40. The number of hydrogen-bond acceptors (Lipinski definition) is 6. The van der Waals surface area contributed by atoms with E-state index in [1.54, 1.807) is 19.1 Å². The molecule has 1 aliphatic heterocycles. The minimum atomic E-state index is -0.637. The van der Waals surface area contributed by atoms with Crippen LogP contribution in [0, 0.1) is 0 Å². The molecule has 1 saturated heterocycles. The van der Waals surface area contributed by atoms with Gasteiger partial charge in [-0.05, 0) is 24.6 Å². The van der Waals surface area contributed by atoms with Crippen LogP contribution in [0.25, 0.3) is 0 Å². The van der Waals surface area contributed by atoms with Crippen molar-refractivity contribution < 1.29 is 24.2 Å². The normalized spacial score (nSPS) is 17.8. The van der Waals surface area contributed by atoms with E-state index in [2.05, 4.69) is 10.9 Å². The highest BCUT2D eigenvalue weighted by molar-refractivity contribution is 6.45. The quantitative estimate of drug-likeness (QED) is 0.365. The number of carbonyl (C=O) groups is 3. The van der Waals surface area contributed by atoms with Gasteiger partial charge in [0.15, 0.2) is 0 Å². The zero-order valence-electron chi connectivity index (χ0n) is 16.7. The van der Waals surface area contributed by atoms with Crippen LogP contribution < -0.4 is 10.9 Å². The average Bonchev–Trinajstić information content (AvgIpc) is 3.01. The zero-order chi connectivity index (χ0) is 21.7. The molecule has 0 aliphatic carbocycles. The molecule has 8 nitrogen and oxygen atoms in total. The monoisotopic (exact) mass is 409 g/mol. The van der Waals surface area contributed by atoms with Crippen LogP contribution in [0.2, 0.25) is 0 Å². The Hall–Kier alpha value is -3.65. The standard InChI is InChI=1S/C22H23N3O5/c1-14(23-24-21(28)16-10-6-7-11-17(16)26)18-19(15-8-4-3-5-9-15)25(12-13-30-2)22(29)20(18)27/h3-11,19,23,26H,12-13H2,1-2H3,(H,24,28)/b18-14-/t19-/m1/s1. The van der Waals surface area contributed by atoms with E-state index in [0.717, 1.165) is 5.56 Å². The van der Waals surface area contributed by atoms with Gasteiger partial charge in [0.1, 0.15) is 5.75 Å². The Balaban J connectivity index is 1.90. The van der Waals surface area contributed by atoms with E-state index >= 15 is 0 Å². The lowest BCUT2D eigenvalue weighted by molar-refractivity contribution is -0.140. The highest BCUT2D eigenvalue weighted by Gasteiger charge is 2.44. The molecule has 2 aromatic rings. The number of phenolic OH excluding ortho intramolecular Hbond substituents is 1. The van der Waals surface area contributed by atoms with Gasteiger partial charge in [-0.3, -0.25) is 19.8 Å². The second-order valence-electron chi connectivity index (χ2n) is 6.77. The van der Waals surface area contributed by atoms with E-state index in [-0.39, 0.29) is 30.0 Å². The van der Waals surface area contributed by atoms with Gasteiger partial charge in [0.05, 0.1) is 23.8 Å². The summed E-state index contributed by atoms with van der Waals surface area (Å²) in [6.07, 6.45) is 0. The lowest BCUT2D eigenvalue weighted by Gasteiger charge is -2.25. The van der Waals surface area contributed by atoms with Crippen LogP contribution in [0.5, 0.6) is 5.75 Å². The topological polar surface area (TPSA) is 108 Å². The number of nitrogens with one attached hydrogen (secondary N) is 2. The number of likely N-dealkylation sites (tertiary alicyclic amines) is 1. The molecule has 30 heavy (non-hydrogen) atoms. The van der Waals surface area contributed by atoms with Crippen molar-refractivity contribution >= 4 is 17.6 Å². The summed E-state index contributed by atoms with van der Waals surface area (Å²) in [6.45, 7) is 2.15. The molecule has 0 unspecified atom stereocenters. The number of allylic oxidation sites excluding steroid dienone is 1. The molecule has 1 atom stereocenters. The van der Waals surface area contributed by atoms with Crippen molar-refractivity contribution in [1.82, 2.24) is 15.8 Å². The minimum absolute atomic E-state index is 0.0814. The molecule has 0 radical (unpaired) electrons. The lowest BCUT2D eigenvalue weighted by atomic mass is 9.97. The van der Waals surface area contributed by atoms with Crippen LogP contribution in [0.3, 0.4) is 0 Å². The van der Waals surface area contributed by atoms with Crippen LogP contribution >= 0.6 is 0 Å². The molecule has 0 aromatic heterocycles. The van der Waals surface area contributed by atoms with E-state index in [9.17, 15) is 19.5 Å². The molecule has 0 bridgehead atoms. The number of methoxy groups -OCH3 is 1. The number of para-hydroxylation sites is 1. The van der Waals surface area contributed by atoms with Crippen LogP contribution in [0.4, 0.5) is 0 Å². The van der Waals surface area contributed by atoms with Crippen molar-refractivity contribution in [2.45, 2.75) is 13.0 Å². The smallest absolute Gasteiger partial charge is 0.295 e. The van der Waals surface area contributed by atoms with Gasteiger partial charge in [0.2, 0.25) is 0 Å². The van der Waals surface area contributed by atoms with Crippen LogP contribution in [0.15, 0.2) is 65.9 Å². The second-order valence-corrected chi connectivity index (χ2v) is 6.77. The summed E-state index contributed by atoms with van der Waals surface area (Å²) in [5.41, 5.74) is 6.63. The highest BCUT2D eigenvalue weighted by Crippen LogP contribution is 2.36. The number of Topliss-reactive ketones (excluding diaryl/α,β-unsaturated/α-hetero) is 1. The van der Waals surface area contributed by atoms with Crippen molar-refractivity contribution in [3.63, 3.8) is 0 Å². The van der Waals surface area contributed by atoms with Gasteiger partial charge < -0.3 is 20.2 Å². The molecule has 1 heterocycles. The fraction of sp³-hybridized carbons (Fsp3) is 0.227. The number of benzene rings is 2. The Morgan fingerprint density at radius 1 is 1.07 bits per heavy atom. The molecule has 3 rings (SSSR count). The Morgan fingerprint density at radius 3 is 2.40 bits per heavy atom. The molecular formula is C22H23N3O5. The van der Waals surface area contributed by atoms with Gasteiger partial charge in [-0.2, -0.15) is 0 Å². The molecular weight excluding hydrogens is 386 g/mol. The molecule has 3 N–H and O–H groups in total. The predicted octanol–water partition coefficient (Wildman–Crippen LogP) is 1.70. The Morgan fingerprint density at radius 2 is 1.73 bits per heavy atom. The van der Waals surface area contributed by atoms with Crippen molar-refractivity contribution in [3.05, 3.63) is 77.0 Å². The largest absolute Gasteiger partial charge is 0.507 e. The van der Waals surface area contributed by atoms with Crippen molar-refractivity contribution in [1.29, 1.82) is 0 Å². The summed E-state index contributed by atoms with van der Waals surface area (Å²) in [5, 5.41) is 9.82. The highest BCUT2D eigenvalue weighted by atomic mass is 16.5. The fourth-order valence-electron chi connectivity index (χ4n) is 3.37. The van der Waals surface area contributed by atoms with E-state index in [0.29, 0.717) is 5.70 Å². The van der Waals surface area contributed by atoms with Crippen molar-refractivity contribution in [3.8, 4) is 5.75 Å². The molecule has 0 saturated carbocycles. The van der Waals surface area contributed by atoms with E-state index in [4.69, 9.17) is 4.74 Å². The van der Waals surface area contributed by atoms with Gasteiger partial charge in [0, 0.05) is 19.4 Å². The number of aromatic hydroxyl groups is 1. The Labute approximate surface area is 174 Å². The lowest BCUT2D eigenvalue weighted by Crippen LogP contribution is -2.37. The molecule has 1 fully saturated rings. The number of ketones is 1. The number of hydrogen-bond donors (Lipinski definition) is 3. The Kier molecular flexibility index (Phi) is 6.48. The molecule has 0 spiro atoms. The van der Waals surface area contributed by atoms with Gasteiger partial charge in [-0.15, -0.1) is 0 Å². The average molecular weight is 409 g/mol. The van der Waals surface area contributed by atoms with Gasteiger partial charge in [0.25, 0.3) is 17.6 Å². The summed E-state index contributed by atoms with van der Waals surface area (Å²) >= 11 is 0. The summed E-state index contributed by atoms with van der Waals surface area (Å²) < 4.78 is 5.09. The number of amides is 2. The molecule has 2 aromatic carbocycles. The van der Waals surface area contributed by atoms with Crippen LogP contribution in [-0.4, -0.2) is 47.9 Å². The molecule has 156 valence electrons. The van der Waals surface area contributed by atoms with E-state index in [1.165, 1.54) is 24.1 Å². The van der Waals surface area contributed by atoms with Crippen molar-refractivity contribution in [2.24, 2.45) is 0 Å². The van der Waals surface area contributed by atoms with Gasteiger partial charge >= 0.3 is 0 Å². The Bertz CT molecular complexity index is 987. The number of phenols is 1. The summed E-state index contributed by atoms with van der Waals surface area (Å²) in [6, 6.07) is 14.7. The number of hydrazine groups is 1. The zero-order valence-corrected chi connectivity index (χ0v) is 16.7. The first kappa shape index (κ1) is 21.1. The third kappa shape index (κ3) is 4.18. The first-order chi connectivity index (χ1) is 14.5. The maximum absolute atomic E-state index is 12.8. The maximum atomic E-state index is 12.8. The predicted molar refractivity (Wildman–Crippen MR) is 109 cm³/mol. The van der Waals surface area contributed by atoms with E-state index in [1.807, 2.05) is 30.3 Å². The summed E-state index contributed by atoms with van der Waals surface area (Å²) in [7, 11) is 1.53. The minimum Gasteiger partial charge on any atom is -0.507 e. The van der Waals surface area contributed by atoms with Crippen LogP contribution in [-0.2, 0) is 14.3 Å². The number of nitrogens with zero attached hydrogens (tertiary/aromatic N) is 1. The SMILES string of the molecule is COCCN1C(=O)C(=O)/C(=C(/C)NNC(=O)c2ccccc2O)[C@H]1c1ccccc1. The maximum Gasteiger partial charge on any atom is 0.295 e. The second kappa shape index (κ2) is 9.23. The van der Waals surface area contributed by atoms with Crippen LogP contribution in [0.1, 0.15) is 28.9 Å². The molecule has 8 heteroatoms. The number of carbonyl (C=O) groups excluding carboxylic acids is 3. The molecule has 2 amide bonds. The van der Waals surface area contributed by atoms with Gasteiger partial charge in [-0.1, -0.05) is 42.5 Å². The summed E-state index contributed by atoms with van der Waals surface area (Å²) in [5.74, 6) is -2.00. The first-order valence-electron chi connectivity index (χ1n) is 9.40. The summed E-state index contributed by atoms with van der Waals surface area (Å²) in [4.78, 5) is 39.3. The van der Waals surface area contributed by atoms with Gasteiger partial charge in [-0.25, -0.2) is 0 Å².